The van der Waals surface area contributed by atoms with Crippen LogP contribution in [0.5, 0.6) is 5.75 Å². The molecule has 7 nitrogen and oxygen atoms in total. The van der Waals surface area contributed by atoms with Gasteiger partial charge in [-0.15, -0.1) is 0 Å². The number of carboxylic acids is 1. The average Bonchev–Trinajstić information content (AvgIpc) is 2.70. The number of aryl methyl sites for hydroxylation is 3. The Morgan fingerprint density at radius 2 is 2.00 bits per heavy atom. The fourth-order valence-electron chi connectivity index (χ4n) is 2.28. The van der Waals surface area contributed by atoms with Gasteiger partial charge in [-0.1, -0.05) is 0 Å². The van der Waals surface area contributed by atoms with Crippen LogP contribution in [0.15, 0.2) is 18.2 Å². The molecule has 0 fully saturated rings. The highest BCUT2D eigenvalue weighted by molar-refractivity contribution is 5.94. The highest BCUT2D eigenvalue weighted by Crippen LogP contribution is 2.21. The molecule has 2 rings (SSSR count). The number of carbonyl (C=O) groups excluding carboxylic acids is 1. The van der Waals surface area contributed by atoms with E-state index in [0.29, 0.717) is 17.0 Å². The van der Waals surface area contributed by atoms with Gasteiger partial charge < -0.3 is 15.2 Å². The van der Waals surface area contributed by atoms with Gasteiger partial charge in [0.1, 0.15) is 5.69 Å². The molecule has 0 saturated carbocycles. The molecule has 1 aromatic carbocycles. The van der Waals surface area contributed by atoms with Gasteiger partial charge in [-0.3, -0.25) is 9.48 Å². The Bertz CT molecular complexity index is 765. The highest BCUT2D eigenvalue weighted by atomic mass is 16.5. The van der Waals surface area contributed by atoms with Gasteiger partial charge in [-0.2, -0.15) is 5.10 Å². The van der Waals surface area contributed by atoms with E-state index in [1.54, 1.807) is 23.7 Å². The molecule has 0 aliphatic carbocycles. The molecule has 0 spiro atoms. The first-order chi connectivity index (χ1) is 10.8. The fraction of sp³-hybridized carbons (Fsp3) is 0.312. The maximum absolute atomic E-state index is 12.0. The van der Waals surface area contributed by atoms with E-state index in [2.05, 4.69) is 10.4 Å². The van der Waals surface area contributed by atoms with E-state index in [0.717, 1.165) is 11.4 Å². The molecule has 0 radical (unpaired) electrons. The summed E-state index contributed by atoms with van der Waals surface area (Å²) in [7, 11) is 1.81. The van der Waals surface area contributed by atoms with Crippen LogP contribution < -0.4 is 10.1 Å². The monoisotopic (exact) mass is 317 g/mol. The van der Waals surface area contributed by atoms with Gasteiger partial charge in [0, 0.05) is 12.7 Å². The van der Waals surface area contributed by atoms with Crippen LogP contribution in [0.2, 0.25) is 0 Å². The van der Waals surface area contributed by atoms with Crippen molar-refractivity contribution in [2.45, 2.75) is 20.8 Å². The first-order valence-electron chi connectivity index (χ1n) is 7.06. The Morgan fingerprint density at radius 1 is 1.30 bits per heavy atom. The average molecular weight is 317 g/mol. The molecule has 0 saturated heterocycles. The molecular weight excluding hydrogens is 298 g/mol. The van der Waals surface area contributed by atoms with Crippen molar-refractivity contribution in [3.05, 3.63) is 40.7 Å². The Hall–Kier alpha value is -2.83. The molecule has 7 heteroatoms. The summed E-state index contributed by atoms with van der Waals surface area (Å²) >= 11 is 0. The molecule has 2 N–H and O–H groups in total. The van der Waals surface area contributed by atoms with E-state index in [9.17, 15) is 9.59 Å². The van der Waals surface area contributed by atoms with Crippen molar-refractivity contribution in [1.82, 2.24) is 9.78 Å². The third-order valence-corrected chi connectivity index (χ3v) is 3.53. The fourth-order valence-corrected chi connectivity index (χ4v) is 2.28. The second-order valence-corrected chi connectivity index (χ2v) is 5.30. The van der Waals surface area contributed by atoms with Crippen LogP contribution in [0.1, 0.15) is 27.3 Å². The number of carbonyl (C=O) groups is 2. The van der Waals surface area contributed by atoms with E-state index in [4.69, 9.17) is 9.84 Å². The Kier molecular flexibility index (Phi) is 4.68. The third-order valence-electron chi connectivity index (χ3n) is 3.53. The largest absolute Gasteiger partial charge is 0.480 e. The molecule has 0 atom stereocenters. The molecule has 0 aliphatic rings. The van der Waals surface area contributed by atoms with Crippen molar-refractivity contribution >= 4 is 17.6 Å². The molecule has 1 heterocycles. The second kappa shape index (κ2) is 6.51. The number of rotatable bonds is 5. The minimum absolute atomic E-state index is 0.146. The van der Waals surface area contributed by atoms with Crippen LogP contribution in [-0.4, -0.2) is 33.4 Å². The first-order valence-corrected chi connectivity index (χ1v) is 7.06. The Morgan fingerprint density at radius 3 is 2.52 bits per heavy atom. The molecular formula is C16H19N3O4. The number of hydrogen-bond acceptors (Lipinski definition) is 4. The number of aromatic carboxylic acids is 1. The van der Waals surface area contributed by atoms with Gasteiger partial charge in [-0.05, 0) is 44.5 Å². The molecule has 2 aromatic rings. The number of amides is 1. The summed E-state index contributed by atoms with van der Waals surface area (Å²) in [6.07, 6.45) is 0. The Labute approximate surface area is 133 Å². The smallest absolute Gasteiger partial charge is 0.335 e. The summed E-state index contributed by atoms with van der Waals surface area (Å²) < 4.78 is 7.22. The van der Waals surface area contributed by atoms with E-state index >= 15 is 0 Å². The van der Waals surface area contributed by atoms with Crippen molar-refractivity contribution in [3.63, 3.8) is 0 Å². The van der Waals surface area contributed by atoms with E-state index in [-0.39, 0.29) is 18.1 Å². The zero-order valence-electron chi connectivity index (χ0n) is 13.5. The maximum atomic E-state index is 12.0. The van der Waals surface area contributed by atoms with Crippen molar-refractivity contribution < 1.29 is 19.4 Å². The second-order valence-electron chi connectivity index (χ2n) is 5.30. The summed E-state index contributed by atoms with van der Waals surface area (Å²) in [5.74, 6) is -0.721. The van der Waals surface area contributed by atoms with E-state index in [1.807, 2.05) is 20.9 Å². The predicted octanol–water partition coefficient (Wildman–Crippen LogP) is 2.06. The summed E-state index contributed by atoms with van der Waals surface area (Å²) in [5.41, 5.74) is 2.88. The van der Waals surface area contributed by atoms with Gasteiger partial charge in [-0.25, -0.2) is 4.79 Å². The zero-order valence-corrected chi connectivity index (χ0v) is 13.5. The van der Waals surface area contributed by atoms with E-state index in [1.165, 1.54) is 6.07 Å². The third kappa shape index (κ3) is 3.68. The van der Waals surface area contributed by atoms with E-state index < -0.39 is 5.97 Å². The number of carboxylic acid groups (broad SMARTS) is 1. The van der Waals surface area contributed by atoms with Gasteiger partial charge in [0.05, 0.1) is 11.3 Å². The van der Waals surface area contributed by atoms with Gasteiger partial charge in [0.2, 0.25) is 0 Å². The van der Waals surface area contributed by atoms with Crippen molar-refractivity contribution in [2.24, 2.45) is 7.05 Å². The number of ether oxygens (including phenoxy) is 1. The van der Waals surface area contributed by atoms with Crippen molar-refractivity contribution in [3.8, 4) is 5.75 Å². The SMILES string of the molecule is Cc1cc(NC(=O)COc2c(C)nn(C)c2C)ccc1C(=O)O. The molecule has 1 amide bonds. The van der Waals surface area contributed by atoms with Crippen molar-refractivity contribution in [2.75, 3.05) is 11.9 Å². The molecule has 0 bridgehead atoms. The van der Waals surface area contributed by atoms with Crippen LogP contribution in [-0.2, 0) is 11.8 Å². The number of hydrogen-bond donors (Lipinski definition) is 2. The van der Waals surface area contributed by atoms with Gasteiger partial charge >= 0.3 is 5.97 Å². The Balaban J connectivity index is 2.00. The standard InChI is InChI=1S/C16H19N3O4/c1-9-7-12(5-6-13(9)16(21)22)17-14(20)8-23-15-10(2)18-19(4)11(15)3/h5-7H,8H2,1-4H3,(H,17,20)(H,21,22). The lowest BCUT2D eigenvalue weighted by Gasteiger charge is -2.09. The summed E-state index contributed by atoms with van der Waals surface area (Å²) in [6.45, 7) is 5.21. The summed E-state index contributed by atoms with van der Waals surface area (Å²) in [6, 6.07) is 4.63. The lowest BCUT2D eigenvalue weighted by atomic mass is 10.1. The number of aromatic nitrogens is 2. The van der Waals surface area contributed by atoms with Crippen LogP contribution in [0, 0.1) is 20.8 Å². The molecule has 1 aromatic heterocycles. The van der Waals surface area contributed by atoms with Crippen molar-refractivity contribution in [1.29, 1.82) is 0 Å². The zero-order chi connectivity index (χ0) is 17.1. The van der Waals surface area contributed by atoms with Crippen LogP contribution in [0.4, 0.5) is 5.69 Å². The lowest BCUT2D eigenvalue weighted by Crippen LogP contribution is -2.20. The highest BCUT2D eigenvalue weighted by Gasteiger charge is 2.13. The minimum atomic E-state index is -0.994. The number of benzene rings is 1. The lowest BCUT2D eigenvalue weighted by molar-refractivity contribution is -0.118. The topological polar surface area (TPSA) is 93.5 Å². The van der Waals surface area contributed by atoms with Crippen LogP contribution in [0.3, 0.4) is 0 Å². The normalized spacial score (nSPS) is 10.4. The van der Waals surface area contributed by atoms with Gasteiger partial charge in [0.25, 0.3) is 5.91 Å². The predicted molar refractivity (Wildman–Crippen MR) is 84.9 cm³/mol. The quantitative estimate of drug-likeness (QED) is 0.880. The molecule has 0 unspecified atom stereocenters. The summed E-state index contributed by atoms with van der Waals surface area (Å²) in [4.78, 5) is 22.9. The molecule has 23 heavy (non-hydrogen) atoms. The van der Waals surface area contributed by atoms with Gasteiger partial charge in [0.15, 0.2) is 12.4 Å². The summed E-state index contributed by atoms with van der Waals surface area (Å²) in [5, 5.41) is 15.9. The van der Waals surface area contributed by atoms with Crippen LogP contribution in [0.25, 0.3) is 0 Å². The molecule has 0 aliphatic heterocycles. The number of anilines is 1. The maximum Gasteiger partial charge on any atom is 0.335 e. The molecule has 122 valence electrons. The minimum Gasteiger partial charge on any atom is -0.480 e. The number of nitrogens with zero attached hydrogens (tertiary/aromatic N) is 2. The van der Waals surface area contributed by atoms with Crippen LogP contribution >= 0.6 is 0 Å². The first kappa shape index (κ1) is 16.5. The number of nitrogens with one attached hydrogen (secondary N) is 1.